The smallest absolute Gasteiger partial charge is 0.306 e. The van der Waals surface area contributed by atoms with E-state index >= 15 is 0 Å². The number of carbonyl (C=O) groups excluding carboxylic acids is 1. The van der Waals surface area contributed by atoms with Gasteiger partial charge in [-0.15, -0.1) is 0 Å². The van der Waals surface area contributed by atoms with Gasteiger partial charge in [0, 0.05) is 39.1 Å². The summed E-state index contributed by atoms with van der Waals surface area (Å²) in [6, 6.07) is 3.54. The second-order valence-electron chi connectivity index (χ2n) is 4.44. The van der Waals surface area contributed by atoms with Crippen LogP contribution in [0.15, 0.2) is 24.5 Å². The Morgan fingerprint density at radius 1 is 1.33 bits per heavy atom. The van der Waals surface area contributed by atoms with Crippen molar-refractivity contribution in [2.75, 3.05) is 27.2 Å². The van der Waals surface area contributed by atoms with Gasteiger partial charge < -0.3 is 4.74 Å². The zero-order chi connectivity index (χ0) is 15.9. The summed E-state index contributed by atoms with van der Waals surface area (Å²) >= 11 is 0. The first-order chi connectivity index (χ1) is 9.91. The maximum absolute atomic E-state index is 12.5. The zero-order valence-corrected chi connectivity index (χ0v) is 13.3. The molecule has 0 saturated carbocycles. The third kappa shape index (κ3) is 5.07. The number of rotatable bonds is 8. The predicted octanol–water partition coefficient (Wildman–Crippen LogP) is 0.643. The summed E-state index contributed by atoms with van der Waals surface area (Å²) in [5.74, 6) is -0.436. The number of carbonyl (C=O) groups is 1. The SMILES string of the molecule is CCN(Cc1ccncc1)S(=O)(=O)N(C)CCC(=O)OC. The first-order valence-corrected chi connectivity index (χ1v) is 7.98. The van der Waals surface area contributed by atoms with Crippen molar-refractivity contribution in [1.82, 2.24) is 13.6 Å². The highest BCUT2D eigenvalue weighted by molar-refractivity contribution is 7.86. The summed E-state index contributed by atoms with van der Waals surface area (Å²) in [6.07, 6.45) is 3.27. The average Bonchev–Trinajstić information content (AvgIpc) is 2.50. The Bertz CT molecular complexity index is 548. The highest BCUT2D eigenvalue weighted by Gasteiger charge is 2.26. The molecule has 0 N–H and O–H groups in total. The fourth-order valence-electron chi connectivity index (χ4n) is 1.71. The zero-order valence-electron chi connectivity index (χ0n) is 12.5. The van der Waals surface area contributed by atoms with E-state index in [2.05, 4.69) is 9.72 Å². The number of hydrogen-bond donors (Lipinski definition) is 0. The molecule has 0 saturated heterocycles. The van der Waals surface area contributed by atoms with E-state index in [1.54, 1.807) is 31.5 Å². The van der Waals surface area contributed by atoms with Crippen LogP contribution in [0.4, 0.5) is 0 Å². The van der Waals surface area contributed by atoms with E-state index in [0.29, 0.717) is 6.54 Å². The maximum atomic E-state index is 12.5. The molecule has 0 aliphatic heterocycles. The van der Waals surface area contributed by atoms with Crippen LogP contribution < -0.4 is 0 Å². The normalized spacial score (nSPS) is 11.9. The Morgan fingerprint density at radius 2 is 1.95 bits per heavy atom. The van der Waals surface area contributed by atoms with E-state index in [-0.39, 0.29) is 19.5 Å². The van der Waals surface area contributed by atoms with E-state index < -0.39 is 16.2 Å². The largest absolute Gasteiger partial charge is 0.469 e. The van der Waals surface area contributed by atoms with Crippen molar-refractivity contribution >= 4 is 16.2 Å². The van der Waals surface area contributed by atoms with Crippen LogP contribution in [0.2, 0.25) is 0 Å². The number of ether oxygens (including phenoxy) is 1. The number of hydrogen-bond acceptors (Lipinski definition) is 5. The molecule has 1 aromatic heterocycles. The van der Waals surface area contributed by atoms with E-state index in [4.69, 9.17) is 0 Å². The number of nitrogens with zero attached hydrogens (tertiary/aromatic N) is 3. The molecule has 1 heterocycles. The summed E-state index contributed by atoms with van der Waals surface area (Å²) in [7, 11) is -0.886. The van der Waals surface area contributed by atoms with Crippen molar-refractivity contribution in [2.45, 2.75) is 19.9 Å². The molecular formula is C13H21N3O4S. The van der Waals surface area contributed by atoms with Gasteiger partial charge in [0.05, 0.1) is 13.5 Å². The van der Waals surface area contributed by atoms with Crippen LogP contribution in [0, 0.1) is 0 Å². The molecule has 0 amide bonds. The van der Waals surface area contributed by atoms with E-state index in [1.165, 1.54) is 18.5 Å². The van der Waals surface area contributed by atoms with Gasteiger partial charge in [0.1, 0.15) is 0 Å². The van der Waals surface area contributed by atoms with Crippen molar-refractivity contribution in [3.05, 3.63) is 30.1 Å². The molecule has 118 valence electrons. The summed E-state index contributed by atoms with van der Waals surface area (Å²) in [6.45, 7) is 2.46. The van der Waals surface area contributed by atoms with Crippen molar-refractivity contribution in [3.8, 4) is 0 Å². The van der Waals surface area contributed by atoms with Crippen LogP contribution in [0.1, 0.15) is 18.9 Å². The average molecular weight is 315 g/mol. The van der Waals surface area contributed by atoms with Gasteiger partial charge in [0.2, 0.25) is 0 Å². The molecule has 0 aliphatic carbocycles. The van der Waals surface area contributed by atoms with Crippen molar-refractivity contribution < 1.29 is 17.9 Å². The molecule has 0 spiro atoms. The molecule has 21 heavy (non-hydrogen) atoms. The van der Waals surface area contributed by atoms with E-state index in [1.807, 2.05) is 0 Å². The Hall–Kier alpha value is -1.51. The Kier molecular flexibility index (Phi) is 6.73. The third-order valence-corrected chi connectivity index (χ3v) is 5.05. The number of esters is 1. The van der Waals surface area contributed by atoms with Gasteiger partial charge >= 0.3 is 5.97 Å². The molecule has 1 aromatic rings. The number of aromatic nitrogens is 1. The molecule has 0 bridgehead atoms. The van der Waals surface area contributed by atoms with Crippen LogP contribution >= 0.6 is 0 Å². The first kappa shape index (κ1) is 17.5. The highest BCUT2D eigenvalue weighted by atomic mass is 32.2. The number of pyridine rings is 1. The summed E-state index contributed by atoms with van der Waals surface area (Å²) in [5.41, 5.74) is 0.858. The lowest BCUT2D eigenvalue weighted by Crippen LogP contribution is -2.42. The van der Waals surface area contributed by atoms with Gasteiger partial charge in [-0.3, -0.25) is 9.78 Å². The fraction of sp³-hybridized carbons (Fsp3) is 0.538. The van der Waals surface area contributed by atoms with Crippen molar-refractivity contribution in [1.29, 1.82) is 0 Å². The lowest BCUT2D eigenvalue weighted by Gasteiger charge is -2.26. The van der Waals surface area contributed by atoms with Crippen LogP contribution in [-0.4, -0.2) is 55.2 Å². The van der Waals surface area contributed by atoms with Gasteiger partial charge in [-0.25, -0.2) is 0 Å². The minimum atomic E-state index is -3.61. The summed E-state index contributed by atoms with van der Waals surface area (Å²) in [5, 5.41) is 0. The Labute approximate surface area is 125 Å². The second-order valence-corrected chi connectivity index (χ2v) is 6.47. The van der Waals surface area contributed by atoms with Gasteiger partial charge in [0.25, 0.3) is 10.2 Å². The molecule has 0 unspecified atom stereocenters. The summed E-state index contributed by atoms with van der Waals surface area (Å²) in [4.78, 5) is 15.0. The Morgan fingerprint density at radius 3 is 2.48 bits per heavy atom. The van der Waals surface area contributed by atoms with Crippen molar-refractivity contribution in [2.24, 2.45) is 0 Å². The maximum Gasteiger partial charge on any atom is 0.306 e. The molecule has 0 fully saturated rings. The minimum absolute atomic E-state index is 0.0268. The predicted molar refractivity (Wildman–Crippen MR) is 78.5 cm³/mol. The highest BCUT2D eigenvalue weighted by Crippen LogP contribution is 2.12. The Balaban J connectivity index is 2.75. The molecule has 1 rings (SSSR count). The second kappa shape index (κ2) is 8.06. The van der Waals surface area contributed by atoms with Gasteiger partial charge in [-0.2, -0.15) is 17.0 Å². The fourth-order valence-corrected chi connectivity index (χ4v) is 3.07. The van der Waals surface area contributed by atoms with Crippen LogP contribution in [0.5, 0.6) is 0 Å². The molecule has 0 aromatic carbocycles. The molecule has 8 heteroatoms. The topological polar surface area (TPSA) is 79.8 Å². The summed E-state index contributed by atoms with van der Waals surface area (Å²) < 4.78 is 31.9. The van der Waals surface area contributed by atoms with Crippen molar-refractivity contribution in [3.63, 3.8) is 0 Å². The quantitative estimate of drug-likeness (QED) is 0.658. The van der Waals surface area contributed by atoms with Gasteiger partial charge in [-0.05, 0) is 17.7 Å². The third-order valence-electron chi connectivity index (χ3n) is 3.04. The first-order valence-electron chi connectivity index (χ1n) is 6.59. The molecule has 0 aliphatic rings. The molecule has 7 nitrogen and oxygen atoms in total. The van der Waals surface area contributed by atoms with Gasteiger partial charge in [0.15, 0.2) is 0 Å². The van der Waals surface area contributed by atoms with Crippen LogP contribution in [0.25, 0.3) is 0 Å². The van der Waals surface area contributed by atoms with E-state index in [0.717, 1.165) is 9.87 Å². The van der Waals surface area contributed by atoms with Gasteiger partial charge in [-0.1, -0.05) is 6.92 Å². The number of methoxy groups -OCH3 is 1. The van der Waals surface area contributed by atoms with E-state index in [9.17, 15) is 13.2 Å². The molecular weight excluding hydrogens is 294 g/mol. The van der Waals surface area contributed by atoms with Crippen LogP contribution in [-0.2, 0) is 26.3 Å². The monoisotopic (exact) mass is 315 g/mol. The molecule has 0 radical (unpaired) electrons. The van der Waals surface area contributed by atoms with Crippen LogP contribution in [0.3, 0.4) is 0 Å². The standard InChI is InChI=1S/C13H21N3O4S/c1-4-16(11-12-5-8-14-9-6-12)21(18,19)15(2)10-7-13(17)20-3/h5-6,8-9H,4,7,10-11H2,1-3H3. The lowest BCUT2D eigenvalue weighted by atomic mass is 10.3. The lowest BCUT2D eigenvalue weighted by molar-refractivity contribution is -0.140. The minimum Gasteiger partial charge on any atom is -0.469 e. The molecule has 0 atom stereocenters.